The average molecular weight is 243 g/mol. The summed E-state index contributed by atoms with van der Waals surface area (Å²) < 4.78 is 32.6. The van der Waals surface area contributed by atoms with Crippen LogP contribution in [0.1, 0.15) is 6.42 Å². The molecule has 16 heavy (non-hydrogen) atoms. The first-order valence-electron chi connectivity index (χ1n) is 4.93. The number of sulfonamides is 1. The Kier molecular flexibility index (Phi) is 3.02. The second kappa shape index (κ2) is 4.31. The first-order chi connectivity index (χ1) is 7.54. The Bertz CT molecular complexity index is 471. The predicted molar refractivity (Wildman–Crippen MR) is 58.9 cm³/mol. The van der Waals surface area contributed by atoms with Crippen molar-refractivity contribution in [1.82, 2.24) is 0 Å². The van der Waals surface area contributed by atoms with E-state index in [1.54, 1.807) is 6.07 Å². The Labute approximate surface area is 94.2 Å². The molecule has 1 atom stereocenters. The minimum absolute atomic E-state index is 0.0941. The summed E-state index contributed by atoms with van der Waals surface area (Å²) in [5.74, 6) is 1.24. The monoisotopic (exact) mass is 243 g/mol. The zero-order valence-electron chi connectivity index (χ0n) is 8.63. The molecule has 0 bridgehead atoms. The van der Waals surface area contributed by atoms with Crippen LogP contribution in [0, 0.1) is 0 Å². The highest BCUT2D eigenvalue weighted by molar-refractivity contribution is 7.89. The smallest absolute Gasteiger partial charge is 0.209 e. The van der Waals surface area contributed by atoms with E-state index in [0.29, 0.717) is 24.5 Å². The van der Waals surface area contributed by atoms with Crippen molar-refractivity contribution >= 4 is 10.0 Å². The van der Waals surface area contributed by atoms with Gasteiger partial charge in [-0.05, 0) is 12.1 Å². The molecule has 2 N–H and O–H groups in total. The summed E-state index contributed by atoms with van der Waals surface area (Å²) >= 11 is 0. The van der Waals surface area contributed by atoms with Crippen LogP contribution in [0.5, 0.6) is 11.5 Å². The lowest BCUT2D eigenvalue weighted by molar-refractivity contribution is 0.0889. The van der Waals surface area contributed by atoms with Crippen LogP contribution in [0.2, 0.25) is 0 Å². The molecule has 0 unspecified atom stereocenters. The van der Waals surface area contributed by atoms with Gasteiger partial charge in [-0.25, -0.2) is 13.6 Å². The van der Waals surface area contributed by atoms with Gasteiger partial charge in [0.1, 0.15) is 12.7 Å². The molecule has 1 aromatic rings. The molecule has 0 fully saturated rings. The van der Waals surface area contributed by atoms with E-state index in [-0.39, 0.29) is 11.9 Å². The Hall–Kier alpha value is -1.27. The molecule has 0 radical (unpaired) electrons. The maximum absolute atomic E-state index is 10.8. The molecule has 2 rings (SSSR count). The van der Waals surface area contributed by atoms with E-state index < -0.39 is 10.0 Å². The maximum Gasteiger partial charge on any atom is 0.209 e. The van der Waals surface area contributed by atoms with E-state index >= 15 is 0 Å². The van der Waals surface area contributed by atoms with Gasteiger partial charge in [0.2, 0.25) is 10.0 Å². The van der Waals surface area contributed by atoms with E-state index in [2.05, 4.69) is 0 Å². The molecule has 1 aromatic carbocycles. The maximum atomic E-state index is 10.8. The summed E-state index contributed by atoms with van der Waals surface area (Å²) in [6, 6.07) is 7.29. The Morgan fingerprint density at radius 3 is 2.69 bits per heavy atom. The molecule has 0 amide bonds. The fourth-order valence-electron chi connectivity index (χ4n) is 1.50. The quantitative estimate of drug-likeness (QED) is 0.838. The summed E-state index contributed by atoms with van der Waals surface area (Å²) in [7, 11) is -3.44. The van der Waals surface area contributed by atoms with Crippen molar-refractivity contribution in [1.29, 1.82) is 0 Å². The second-order valence-electron chi connectivity index (χ2n) is 3.65. The molecule has 0 saturated heterocycles. The third-order valence-electron chi connectivity index (χ3n) is 2.29. The summed E-state index contributed by atoms with van der Waals surface area (Å²) in [5.41, 5.74) is 0. The number of benzene rings is 1. The summed E-state index contributed by atoms with van der Waals surface area (Å²) in [4.78, 5) is 0. The summed E-state index contributed by atoms with van der Waals surface area (Å²) in [5, 5.41) is 4.92. The third-order valence-corrected chi connectivity index (χ3v) is 3.10. The molecule has 0 saturated carbocycles. The van der Waals surface area contributed by atoms with Gasteiger partial charge >= 0.3 is 0 Å². The molecule has 1 aliphatic rings. The lowest BCUT2D eigenvalue weighted by Crippen LogP contribution is -2.32. The first kappa shape index (κ1) is 11.2. The van der Waals surface area contributed by atoms with E-state index in [1.807, 2.05) is 18.2 Å². The fraction of sp³-hybridized carbons (Fsp3) is 0.400. The topological polar surface area (TPSA) is 78.6 Å². The van der Waals surface area contributed by atoms with E-state index in [9.17, 15) is 8.42 Å². The zero-order chi connectivity index (χ0) is 11.6. The zero-order valence-corrected chi connectivity index (χ0v) is 9.44. The number of primary sulfonamides is 1. The highest BCUT2D eigenvalue weighted by Gasteiger charge is 2.21. The number of nitrogens with two attached hydrogens (primary N) is 1. The minimum atomic E-state index is -3.44. The van der Waals surface area contributed by atoms with Crippen molar-refractivity contribution < 1.29 is 17.9 Å². The number of fused-ring (bicyclic) bond motifs is 1. The van der Waals surface area contributed by atoms with Gasteiger partial charge in [0.15, 0.2) is 11.5 Å². The van der Waals surface area contributed by atoms with Crippen molar-refractivity contribution in [2.75, 3.05) is 12.4 Å². The van der Waals surface area contributed by atoms with Gasteiger partial charge in [-0.1, -0.05) is 12.1 Å². The number of hydrogen-bond donors (Lipinski definition) is 1. The van der Waals surface area contributed by atoms with Crippen LogP contribution in [-0.2, 0) is 10.0 Å². The molecule has 1 heterocycles. The largest absolute Gasteiger partial charge is 0.486 e. The highest BCUT2D eigenvalue weighted by Crippen LogP contribution is 2.31. The van der Waals surface area contributed by atoms with Crippen molar-refractivity contribution in [3.8, 4) is 11.5 Å². The molecule has 0 aliphatic carbocycles. The molecule has 1 aliphatic heterocycles. The van der Waals surface area contributed by atoms with Gasteiger partial charge in [0.05, 0.1) is 5.75 Å². The standard InChI is InChI=1S/C10H13NO4S/c11-16(12,13)6-5-8-7-14-9-3-1-2-4-10(9)15-8/h1-4,8H,5-7H2,(H2,11,12,13)/t8-/m0/s1. The van der Waals surface area contributed by atoms with Crippen LogP contribution in [0.15, 0.2) is 24.3 Å². The number of rotatable bonds is 3. The molecule has 88 valence electrons. The van der Waals surface area contributed by atoms with E-state index in [4.69, 9.17) is 14.6 Å². The van der Waals surface area contributed by atoms with Crippen LogP contribution < -0.4 is 14.6 Å². The SMILES string of the molecule is NS(=O)(=O)CC[C@H]1COc2ccccc2O1. The summed E-state index contributed by atoms with van der Waals surface area (Å²) in [6.07, 6.45) is 0.0842. The Morgan fingerprint density at radius 2 is 2.00 bits per heavy atom. The van der Waals surface area contributed by atoms with Crippen molar-refractivity contribution in [3.05, 3.63) is 24.3 Å². The Balaban J connectivity index is 1.98. The number of ether oxygens (including phenoxy) is 2. The first-order valence-corrected chi connectivity index (χ1v) is 6.65. The van der Waals surface area contributed by atoms with Gasteiger partial charge in [0, 0.05) is 6.42 Å². The van der Waals surface area contributed by atoms with Crippen LogP contribution in [0.4, 0.5) is 0 Å². The molecule has 5 nitrogen and oxygen atoms in total. The second-order valence-corrected chi connectivity index (χ2v) is 5.39. The van der Waals surface area contributed by atoms with Gasteiger partial charge in [-0.15, -0.1) is 0 Å². The average Bonchev–Trinajstić information content (AvgIpc) is 2.25. The van der Waals surface area contributed by atoms with Gasteiger partial charge in [0.25, 0.3) is 0 Å². The molecule has 0 aromatic heterocycles. The van der Waals surface area contributed by atoms with Gasteiger partial charge < -0.3 is 9.47 Å². The van der Waals surface area contributed by atoms with Crippen LogP contribution in [0.25, 0.3) is 0 Å². The van der Waals surface area contributed by atoms with Crippen molar-refractivity contribution in [3.63, 3.8) is 0 Å². The van der Waals surface area contributed by atoms with Crippen molar-refractivity contribution in [2.24, 2.45) is 5.14 Å². The van der Waals surface area contributed by atoms with Crippen LogP contribution in [-0.4, -0.2) is 26.9 Å². The van der Waals surface area contributed by atoms with Crippen LogP contribution in [0.3, 0.4) is 0 Å². The molecule has 6 heteroatoms. The highest BCUT2D eigenvalue weighted by atomic mass is 32.2. The Morgan fingerprint density at radius 1 is 1.31 bits per heavy atom. The molecular weight excluding hydrogens is 230 g/mol. The van der Waals surface area contributed by atoms with E-state index in [1.165, 1.54) is 0 Å². The van der Waals surface area contributed by atoms with E-state index in [0.717, 1.165) is 0 Å². The third kappa shape index (κ3) is 2.86. The summed E-state index contributed by atoms with van der Waals surface area (Å²) in [6.45, 7) is 0.354. The molecule has 0 spiro atoms. The molecular formula is C10H13NO4S. The fourth-order valence-corrected chi connectivity index (χ4v) is 2.09. The van der Waals surface area contributed by atoms with Gasteiger partial charge in [-0.3, -0.25) is 0 Å². The minimum Gasteiger partial charge on any atom is -0.486 e. The number of para-hydroxylation sites is 2. The predicted octanol–water partition coefficient (Wildman–Crippen LogP) is 0.505. The lowest BCUT2D eigenvalue weighted by atomic mass is 10.2. The normalized spacial score (nSPS) is 19.4. The van der Waals surface area contributed by atoms with Gasteiger partial charge in [-0.2, -0.15) is 0 Å². The lowest BCUT2D eigenvalue weighted by Gasteiger charge is -2.26. The van der Waals surface area contributed by atoms with Crippen LogP contribution >= 0.6 is 0 Å². The number of hydrogen-bond acceptors (Lipinski definition) is 4. The van der Waals surface area contributed by atoms with Crippen molar-refractivity contribution in [2.45, 2.75) is 12.5 Å².